The fourth-order valence-corrected chi connectivity index (χ4v) is 7.46. The smallest absolute Gasteiger partial charge is 0.271 e. The van der Waals surface area contributed by atoms with Gasteiger partial charge in [-0.1, -0.05) is 80.5 Å². The summed E-state index contributed by atoms with van der Waals surface area (Å²) in [5, 5.41) is 15.3. The number of fused-ring (bicyclic) bond motifs is 3. The molecular weight excluding hydrogens is 516 g/mol. The van der Waals surface area contributed by atoms with Gasteiger partial charge in [0.2, 0.25) is 5.17 Å². The highest BCUT2D eigenvalue weighted by Crippen LogP contribution is 2.64. The van der Waals surface area contributed by atoms with Gasteiger partial charge >= 0.3 is 0 Å². The Morgan fingerprint density at radius 1 is 1.00 bits per heavy atom. The summed E-state index contributed by atoms with van der Waals surface area (Å²) in [5.41, 5.74) is 4.84. The van der Waals surface area contributed by atoms with Crippen molar-refractivity contribution in [2.24, 2.45) is 27.0 Å². The van der Waals surface area contributed by atoms with Gasteiger partial charge in [-0.2, -0.15) is 5.10 Å². The van der Waals surface area contributed by atoms with Crippen molar-refractivity contribution in [3.05, 3.63) is 89.3 Å². The number of nitrogens with zero attached hydrogens (tertiary/aromatic N) is 4. The largest absolute Gasteiger partial charge is 0.355 e. The highest BCUT2D eigenvalue weighted by molar-refractivity contribution is 8.19. The van der Waals surface area contributed by atoms with Crippen LogP contribution in [-0.2, 0) is 4.79 Å². The fourth-order valence-electron chi connectivity index (χ4n) is 6.53. The molecule has 2 saturated carbocycles. The molecule has 2 aliphatic carbocycles. The maximum Gasteiger partial charge on any atom is 0.271 e. The fraction of sp³-hybridized carbons (Fsp3) is 0.273. The Morgan fingerprint density at radius 2 is 1.75 bits per heavy atom. The Bertz CT molecular complexity index is 1720. The number of aromatic nitrogens is 1. The molecule has 0 spiro atoms. The molecule has 3 aliphatic rings. The lowest BCUT2D eigenvalue weighted by Crippen LogP contribution is -2.32. The van der Waals surface area contributed by atoms with Crippen LogP contribution in [0.4, 0.5) is 5.69 Å². The number of para-hydroxylation sites is 1. The van der Waals surface area contributed by atoms with Crippen LogP contribution in [-0.4, -0.2) is 21.9 Å². The summed E-state index contributed by atoms with van der Waals surface area (Å²) in [5.74, 6) is 1.25. The Morgan fingerprint density at radius 3 is 2.45 bits per heavy atom. The number of amides is 1. The molecule has 200 valence electrons. The second kappa shape index (κ2) is 9.30. The monoisotopic (exact) mass is 546 g/mol. The molecule has 3 fully saturated rings. The third kappa shape index (κ3) is 3.86. The first kappa shape index (κ1) is 25.0. The Labute approximate surface area is 237 Å². The van der Waals surface area contributed by atoms with E-state index in [0.717, 1.165) is 46.3 Å². The van der Waals surface area contributed by atoms with Crippen molar-refractivity contribution in [2.75, 3.05) is 4.90 Å². The van der Waals surface area contributed by atoms with E-state index in [0.29, 0.717) is 21.8 Å². The zero-order valence-electron chi connectivity index (χ0n) is 22.8. The highest BCUT2D eigenvalue weighted by Gasteiger charge is 2.60. The summed E-state index contributed by atoms with van der Waals surface area (Å²) in [7, 11) is 0. The average Bonchev–Trinajstić information content (AvgIpc) is 3.64. The van der Waals surface area contributed by atoms with E-state index in [9.17, 15) is 4.79 Å². The number of hydrogen-bond acceptors (Lipinski definition) is 6. The maximum absolute atomic E-state index is 13.8. The lowest BCUT2D eigenvalue weighted by molar-refractivity contribution is -0.113. The molecule has 1 aliphatic heterocycles. The van der Waals surface area contributed by atoms with E-state index in [1.165, 1.54) is 18.2 Å². The topological polar surface area (TPSA) is 71.1 Å². The van der Waals surface area contributed by atoms with E-state index in [4.69, 9.17) is 14.7 Å². The van der Waals surface area contributed by atoms with Crippen LogP contribution in [0.15, 0.2) is 98.5 Å². The minimum atomic E-state index is -0.108. The lowest BCUT2D eigenvalue weighted by atomic mass is 9.70. The lowest BCUT2D eigenvalue weighted by Gasteiger charge is -2.34. The van der Waals surface area contributed by atoms with E-state index < -0.39 is 0 Å². The number of carbonyl (C=O) groups is 1. The van der Waals surface area contributed by atoms with Crippen molar-refractivity contribution in [3.8, 4) is 11.3 Å². The summed E-state index contributed by atoms with van der Waals surface area (Å²) in [6, 6.07) is 25.5. The van der Waals surface area contributed by atoms with Crippen LogP contribution in [0.5, 0.6) is 0 Å². The predicted molar refractivity (Wildman–Crippen MR) is 163 cm³/mol. The van der Waals surface area contributed by atoms with Gasteiger partial charge in [-0.3, -0.25) is 9.69 Å². The van der Waals surface area contributed by atoms with Gasteiger partial charge < -0.3 is 4.52 Å². The molecule has 1 amide bonds. The zero-order valence-corrected chi connectivity index (χ0v) is 23.6. The number of carbonyl (C=O) groups excluding carboxylic acids is 1. The Balaban J connectivity index is 1.27. The van der Waals surface area contributed by atoms with Crippen molar-refractivity contribution in [1.82, 2.24) is 5.16 Å². The molecule has 1 saturated heterocycles. The second-order valence-corrected chi connectivity index (χ2v) is 12.7. The molecule has 7 heteroatoms. The Kier molecular flexibility index (Phi) is 5.82. The number of anilines is 1. The zero-order chi connectivity index (χ0) is 27.5. The summed E-state index contributed by atoms with van der Waals surface area (Å²) in [6.07, 6.45) is 5.29. The number of amidine groups is 1. The van der Waals surface area contributed by atoms with Crippen LogP contribution in [0.25, 0.3) is 28.3 Å². The molecule has 4 aromatic rings. The summed E-state index contributed by atoms with van der Waals surface area (Å²) in [6.45, 7) is 7.05. The van der Waals surface area contributed by atoms with Crippen LogP contribution in [0.2, 0.25) is 0 Å². The van der Waals surface area contributed by atoms with E-state index in [-0.39, 0.29) is 16.7 Å². The van der Waals surface area contributed by atoms with Crippen LogP contribution < -0.4 is 4.90 Å². The molecule has 0 radical (unpaired) electrons. The molecule has 2 unspecified atom stereocenters. The quantitative estimate of drug-likeness (QED) is 0.191. The second-order valence-electron chi connectivity index (χ2n) is 11.7. The van der Waals surface area contributed by atoms with E-state index in [2.05, 4.69) is 25.9 Å². The Hall–Kier alpha value is -3.97. The molecule has 40 heavy (non-hydrogen) atoms. The van der Waals surface area contributed by atoms with Gasteiger partial charge in [0, 0.05) is 16.7 Å². The van der Waals surface area contributed by atoms with Crippen LogP contribution in [0.3, 0.4) is 0 Å². The molecule has 2 heterocycles. The van der Waals surface area contributed by atoms with Gasteiger partial charge in [-0.15, -0.1) is 5.10 Å². The number of benzene rings is 3. The van der Waals surface area contributed by atoms with Crippen LogP contribution in [0, 0.1) is 16.7 Å². The first-order valence-electron chi connectivity index (χ1n) is 13.7. The standard InChI is InChI=1S/C33H30N4O2S/c1-32(2)23-16-17-33(32,3)28(20-23)34-35-31-37(24-12-8-5-9-13-24)30(38)27(40-31)19-21-14-15-26-25(18-21)29(39-36-26)22-10-6-4-7-11-22/h4-15,18-19,23H,16-17,20H2,1-3H3/b27-19-,34-28+,35-31+. The molecule has 7 rings (SSSR count). The predicted octanol–water partition coefficient (Wildman–Crippen LogP) is 8.17. The van der Waals surface area contributed by atoms with Crippen molar-refractivity contribution in [2.45, 2.75) is 40.0 Å². The van der Waals surface area contributed by atoms with Gasteiger partial charge in [-0.25, -0.2) is 0 Å². The van der Waals surface area contributed by atoms with Gasteiger partial charge in [0.15, 0.2) is 5.76 Å². The summed E-state index contributed by atoms with van der Waals surface area (Å²) in [4.78, 5) is 16.1. The first-order chi connectivity index (χ1) is 19.3. The first-order valence-corrected chi connectivity index (χ1v) is 14.6. The van der Waals surface area contributed by atoms with Crippen molar-refractivity contribution in [1.29, 1.82) is 0 Å². The summed E-state index contributed by atoms with van der Waals surface area (Å²) >= 11 is 1.37. The van der Waals surface area contributed by atoms with Gasteiger partial charge in [-0.05, 0) is 78.3 Å². The van der Waals surface area contributed by atoms with Crippen LogP contribution >= 0.6 is 11.8 Å². The molecule has 1 aromatic heterocycles. The van der Waals surface area contributed by atoms with Crippen molar-refractivity contribution >= 4 is 51.2 Å². The van der Waals surface area contributed by atoms with E-state index in [1.807, 2.05) is 84.9 Å². The molecule has 2 bridgehead atoms. The van der Waals surface area contributed by atoms with Crippen molar-refractivity contribution < 1.29 is 9.32 Å². The number of thioether (sulfide) groups is 1. The highest BCUT2D eigenvalue weighted by atomic mass is 32.2. The molecule has 6 nitrogen and oxygen atoms in total. The molecule has 3 aromatic carbocycles. The van der Waals surface area contributed by atoms with E-state index in [1.54, 1.807) is 4.90 Å². The normalized spacial score (nSPS) is 26.7. The van der Waals surface area contributed by atoms with Gasteiger partial charge in [0.05, 0.1) is 16.0 Å². The van der Waals surface area contributed by atoms with E-state index >= 15 is 0 Å². The molecule has 2 atom stereocenters. The minimum absolute atomic E-state index is 0.0513. The third-order valence-electron chi connectivity index (χ3n) is 9.42. The summed E-state index contributed by atoms with van der Waals surface area (Å²) < 4.78 is 5.68. The SMILES string of the molecule is CC12CCC(C/C1=N\N=C1\S/C(=C\c3ccc4noc(-c5ccccc5)c4c3)C(=O)N1c1ccccc1)C2(C)C. The molecule has 0 N–H and O–H groups in total. The maximum atomic E-state index is 13.8. The van der Waals surface area contributed by atoms with Gasteiger partial charge in [0.1, 0.15) is 5.52 Å². The number of rotatable bonds is 4. The average molecular weight is 547 g/mol. The van der Waals surface area contributed by atoms with Crippen molar-refractivity contribution in [3.63, 3.8) is 0 Å². The van der Waals surface area contributed by atoms with Gasteiger partial charge in [0.25, 0.3) is 5.91 Å². The molecular formula is C33H30N4O2S. The van der Waals surface area contributed by atoms with Crippen LogP contribution in [0.1, 0.15) is 45.6 Å². The third-order valence-corrected chi connectivity index (χ3v) is 10.4. The minimum Gasteiger partial charge on any atom is -0.355 e. The number of hydrogen-bond donors (Lipinski definition) is 0.